The van der Waals surface area contributed by atoms with E-state index < -0.39 is 223 Å². The first kappa shape index (κ1) is 77.8. The molecule has 15 N–H and O–H groups in total. The van der Waals surface area contributed by atoms with Gasteiger partial charge in [0.1, 0.15) is 10.5 Å². The Hall–Kier alpha value is 4.82. The minimum atomic E-state index is -6.15. The van der Waals surface area contributed by atoms with Gasteiger partial charge in [0.15, 0.2) is 64.0 Å². The molecule has 0 aliphatic heterocycles. The van der Waals surface area contributed by atoms with E-state index in [0.717, 1.165) is 38.5 Å². The third kappa shape index (κ3) is 17.5. The smallest absolute Gasteiger partial charge is 0.339 e. The molecule has 5 atom stereocenters. The fourth-order valence-corrected chi connectivity index (χ4v) is 506. The fourth-order valence-electron chi connectivity index (χ4n) is 10.0. The van der Waals surface area contributed by atoms with Crippen molar-refractivity contribution >= 4 is 233 Å². The number of unbranched alkanes of at least 4 members (excludes halogenated alkanes) is 7. The van der Waals surface area contributed by atoms with Gasteiger partial charge in [-0.2, -0.15) is 0 Å². The van der Waals surface area contributed by atoms with E-state index in [0.29, 0.717) is 12.8 Å². The first-order chi connectivity index (χ1) is 34.0. The molecule has 0 heterocycles. The predicted molar refractivity (Wildman–Crippen MR) is 349 cm³/mol. The van der Waals surface area contributed by atoms with Crippen LogP contribution in [0.2, 0.25) is 65.0 Å². The SMILES string of the molecule is CCCCCCCCCC[Si](C)(O)[Si](O[SiH2]O)(O[Si](O[Si](C)(C)O[Si](C)(C)C)([Si](O[SiH2]O)([Si](C)(C)OC)[Si](O[SiH3])([SiH2]O)[SiH2]O)[Si](O[Si](O[SiH](C)O)([SiH2]O)[SiH2]O)([Si](O[SiH2]O)([SiH2]O)[SiH2]O)[Si](O[SiH2]O)([SiH2]O)[SiH2]O)[SiH2]O. The van der Waals surface area contributed by atoms with Crippen molar-refractivity contribution in [3.8, 4) is 0 Å². The largest absolute Gasteiger partial charge is 0.465 e. The molecule has 0 aliphatic carbocycles. The molecule has 440 valence electrons. The van der Waals surface area contributed by atoms with Crippen molar-refractivity contribution in [1.29, 1.82) is 0 Å². The van der Waals surface area contributed by atoms with Crippen LogP contribution in [0.4, 0.5) is 0 Å². The van der Waals surface area contributed by atoms with Crippen molar-refractivity contribution in [3.05, 3.63) is 0 Å². The van der Waals surface area contributed by atoms with Crippen molar-refractivity contribution in [3.63, 3.8) is 0 Å². The molecule has 73 heavy (non-hydrogen) atoms. The van der Waals surface area contributed by atoms with Crippen LogP contribution >= 0.6 is 0 Å². The van der Waals surface area contributed by atoms with Crippen molar-refractivity contribution in [1.82, 2.24) is 0 Å². The Labute approximate surface area is 476 Å². The standard InChI is InChI=1S/C20H96O26Si27/c1-12-13-14-15-16-17-18-19-20-65(11,35)67(54-27,38-48-21)46-68(44-63(7,8)43-62(4,5)6,72(41-51-24,64(9,10)36-2)69(37-47,55-28)56-29)73(70(57-30,58-31)39-49-22,71(59-32,60-33)40-50-23)45-66(52-25,53-26)42-61(3)34/h21-35,61H,12-20,48-60H2,1-11,47H3. The van der Waals surface area contributed by atoms with E-state index >= 15 is 0 Å². The first-order valence-corrected chi connectivity index (χ1v) is 92.7. The Morgan fingerprint density at radius 3 is 1.25 bits per heavy atom. The first-order valence-electron chi connectivity index (χ1n) is 24.4. The van der Waals surface area contributed by atoms with Crippen LogP contribution in [0, 0.1) is 0 Å². The highest BCUT2D eigenvalue weighted by molar-refractivity contribution is 8.20. The second kappa shape index (κ2) is 34.7. The lowest BCUT2D eigenvalue weighted by molar-refractivity contribution is 0.300. The van der Waals surface area contributed by atoms with E-state index in [1.54, 1.807) is 26.2 Å². The lowest BCUT2D eigenvalue weighted by atomic mass is 10.1. The zero-order chi connectivity index (χ0) is 56.9. The number of rotatable bonds is 45. The Morgan fingerprint density at radius 1 is 0.493 bits per heavy atom. The third-order valence-electron chi connectivity index (χ3n) is 13.4. The monoisotopic (exact) mass is 1510 g/mol. The maximum Gasteiger partial charge on any atom is 0.339 e. The molecular formula is C20H96O26Si27. The lowest BCUT2D eigenvalue weighted by Crippen LogP contribution is -3.11. The summed E-state index contributed by atoms with van der Waals surface area (Å²) in [4.78, 5) is 183. The van der Waals surface area contributed by atoms with Crippen LogP contribution in [0.3, 0.4) is 0 Å². The molecule has 0 aromatic heterocycles. The van der Waals surface area contributed by atoms with E-state index in [2.05, 4.69) is 6.92 Å². The molecule has 0 aliphatic rings. The molecule has 5 unspecified atom stereocenters. The minimum absolute atomic E-state index is 0.0293. The lowest BCUT2D eigenvalue weighted by Gasteiger charge is -2.69. The Balaban J connectivity index is 11.3. The van der Waals surface area contributed by atoms with Crippen LogP contribution in [0.5, 0.6) is 0 Å². The molecular weight excluding hydrogens is 1410 g/mol. The van der Waals surface area contributed by atoms with Crippen LogP contribution in [-0.2, 0) is 45.6 Å². The van der Waals surface area contributed by atoms with Crippen molar-refractivity contribution in [2.45, 2.75) is 123 Å². The summed E-state index contributed by atoms with van der Waals surface area (Å²) in [6, 6.07) is 0.0293. The average Bonchev–Trinajstić information content (AvgIpc) is 3.33. The maximum atomic E-state index is 13.6. The molecule has 0 amide bonds. The zero-order valence-corrected chi connectivity index (χ0v) is 78.9. The summed E-state index contributed by atoms with van der Waals surface area (Å²) in [7, 11) is -72.4. The number of hydrogen-bond acceptors (Lipinski definition) is 26. The molecule has 26 nitrogen and oxygen atoms in total. The van der Waals surface area contributed by atoms with E-state index in [1.807, 2.05) is 19.6 Å². The molecule has 0 bridgehead atoms. The van der Waals surface area contributed by atoms with Crippen LogP contribution in [0.1, 0.15) is 58.3 Å². The molecule has 0 radical (unpaired) electrons. The van der Waals surface area contributed by atoms with E-state index in [9.17, 15) is 71.9 Å². The maximum absolute atomic E-state index is 13.6. The molecule has 0 spiro atoms. The van der Waals surface area contributed by atoms with Gasteiger partial charge in [0.05, 0.1) is 0 Å². The molecule has 53 heteroatoms. The highest BCUT2D eigenvalue weighted by Gasteiger charge is 2.97. The Morgan fingerprint density at radius 2 is 0.918 bits per heavy atom. The van der Waals surface area contributed by atoms with Crippen LogP contribution in [0.25, 0.3) is 0 Å². The van der Waals surface area contributed by atoms with Gasteiger partial charge in [0, 0.05) is 7.11 Å². The van der Waals surface area contributed by atoms with Crippen molar-refractivity contribution < 1.29 is 118 Å². The summed E-state index contributed by atoms with van der Waals surface area (Å²) >= 11 is 0. The summed E-state index contributed by atoms with van der Waals surface area (Å²) in [5.41, 5.74) is 0. The topological polar surface area (TPSA) is 405 Å². The molecule has 0 aromatic rings. The van der Waals surface area contributed by atoms with Gasteiger partial charge >= 0.3 is 40.6 Å². The quantitative estimate of drug-likeness (QED) is 0.0199. The van der Waals surface area contributed by atoms with Gasteiger partial charge in [-0.05, 0) is 65.0 Å². The highest BCUT2D eigenvalue weighted by Crippen LogP contribution is 2.52. The molecule has 0 fully saturated rings. The highest BCUT2D eigenvalue weighted by atomic mass is 30.4. The minimum Gasteiger partial charge on any atom is -0.465 e. The predicted octanol–water partition coefficient (Wildman–Crippen LogP) is -17.9. The third-order valence-corrected chi connectivity index (χ3v) is 299. The fraction of sp³-hybridized carbons (Fsp3) is 1.00. The second-order valence-corrected chi connectivity index (χ2v) is 172. The zero-order valence-electron chi connectivity index (χ0n) is 45.3. The van der Waals surface area contributed by atoms with E-state index in [4.69, 9.17) is 45.6 Å². The average molecular weight is 1510 g/mol. The van der Waals surface area contributed by atoms with Gasteiger partial charge in [0.2, 0.25) is 64.1 Å². The van der Waals surface area contributed by atoms with Crippen LogP contribution < -0.4 is 0 Å². The van der Waals surface area contributed by atoms with E-state index in [-0.39, 0.29) is 16.5 Å². The van der Waals surface area contributed by atoms with Gasteiger partial charge in [-0.25, -0.2) is 0 Å². The summed E-state index contributed by atoms with van der Waals surface area (Å²) in [6.07, 6.45) is 7.06. The Kier molecular flexibility index (Phi) is 37.0. The van der Waals surface area contributed by atoms with E-state index in [1.165, 1.54) is 20.2 Å². The summed E-state index contributed by atoms with van der Waals surface area (Å²) in [6.45, 7) is -8.98. The van der Waals surface area contributed by atoms with Gasteiger partial charge in [-0.3, -0.25) is 0 Å². The van der Waals surface area contributed by atoms with Crippen LogP contribution in [0.15, 0.2) is 0 Å². The number of hydrogen-bond donors (Lipinski definition) is 15. The van der Waals surface area contributed by atoms with Crippen molar-refractivity contribution in [2.75, 3.05) is 7.11 Å². The van der Waals surface area contributed by atoms with Gasteiger partial charge < -0.3 is 118 Å². The van der Waals surface area contributed by atoms with Gasteiger partial charge in [-0.1, -0.05) is 58.3 Å². The van der Waals surface area contributed by atoms with Gasteiger partial charge in [0.25, 0.3) is 53.8 Å². The van der Waals surface area contributed by atoms with Crippen molar-refractivity contribution in [2.24, 2.45) is 0 Å². The normalized spacial score (nSPS) is 23.3. The molecule has 0 saturated carbocycles. The van der Waals surface area contributed by atoms with Gasteiger partial charge in [-0.15, -0.1) is 0 Å². The molecule has 0 saturated heterocycles. The second-order valence-electron chi connectivity index (χ2n) is 20.2. The summed E-state index contributed by atoms with van der Waals surface area (Å²) < 4.78 is 78.5. The van der Waals surface area contributed by atoms with Crippen LogP contribution in [-0.4, -0.2) is 312 Å². The molecule has 0 aromatic carbocycles. The summed E-state index contributed by atoms with van der Waals surface area (Å²) in [5.74, 6) is 0. The Bertz CT molecular complexity index is 1490. The molecule has 0 rings (SSSR count). The summed E-state index contributed by atoms with van der Waals surface area (Å²) in [5, 5.41) is 0.